The summed E-state index contributed by atoms with van der Waals surface area (Å²) in [6.07, 6.45) is 0. The standard InChI is InChI=1S/C33H34BNO2/c1-31(2)27-18-11-10-17-25(27)26-20-29(34-36-32(3,4)33(5,6)37-34)30(21-28(26)31)35-24-16-12-15-23(19-24)22-13-8-7-9-14-22/h7-21,35H,1-6H3. The van der Waals surface area contributed by atoms with Crippen LogP contribution in [0.1, 0.15) is 52.7 Å². The monoisotopic (exact) mass is 487 g/mol. The zero-order valence-corrected chi connectivity index (χ0v) is 22.6. The van der Waals surface area contributed by atoms with Gasteiger partial charge in [-0.25, -0.2) is 0 Å². The molecule has 0 unspecified atom stereocenters. The second-order valence-electron chi connectivity index (χ2n) is 11.8. The van der Waals surface area contributed by atoms with Crippen LogP contribution in [0.25, 0.3) is 22.3 Å². The largest absolute Gasteiger partial charge is 0.497 e. The number of benzene rings is 4. The fraction of sp³-hybridized carbons (Fsp3) is 0.273. The first-order valence-corrected chi connectivity index (χ1v) is 13.1. The Labute approximate surface area is 221 Å². The van der Waals surface area contributed by atoms with Gasteiger partial charge in [-0.2, -0.15) is 0 Å². The van der Waals surface area contributed by atoms with Crippen LogP contribution < -0.4 is 10.8 Å². The molecule has 0 amide bonds. The van der Waals surface area contributed by atoms with Crippen LogP contribution >= 0.6 is 0 Å². The topological polar surface area (TPSA) is 30.5 Å². The maximum absolute atomic E-state index is 6.56. The van der Waals surface area contributed by atoms with Crippen molar-refractivity contribution in [3.05, 3.63) is 102 Å². The van der Waals surface area contributed by atoms with Crippen molar-refractivity contribution < 1.29 is 9.31 Å². The second kappa shape index (κ2) is 8.34. The van der Waals surface area contributed by atoms with E-state index in [1.54, 1.807) is 0 Å². The third-order valence-electron chi connectivity index (χ3n) is 8.51. The highest BCUT2D eigenvalue weighted by Gasteiger charge is 2.52. The van der Waals surface area contributed by atoms with E-state index in [1.807, 2.05) is 6.07 Å². The van der Waals surface area contributed by atoms with E-state index < -0.39 is 18.3 Å². The maximum Gasteiger partial charge on any atom is 0.497 e. The lowest BCUT2D eigenvalue weighted by Crippen LogP contribution is -2.41. The molecule has 6 rings (SSSR count). The number of fused-ring (bicyclic) bond motifs is 3. The average Bonchev–Trinajstić information content (AvgIpc) is 3.24. The van der Waals surface area contributed by atoms with Gasteiger partial charge in [0.1, 0.15) is 0 Å². The van der Waals surface area contributed by atoms with E-state index in [-0.39, 0.29) is 5.41 Å². The first-order valence-electron chi connectivity index (χ1n) is 13.1. The Morgan fingerprint density at radius 2 is 1.24 bits per heavy atom. The second-order valence-corrected chi connectivity index (χ2v) is 11.8. The summed E-state index contributed by atoms with van der Waals surface area (Å²) < 4.78 is 13.1. The first kappa shape index (κ1) is 24.0. The minimum atomic E-state index is -0.467. The van der Waals surface area contributed by atoms with Crippen LogP contribution in [0.3, 0.4) is 0 Å². The van der Waals surface area contributed by atoms with Crippen LogP contribution in [0, 0.1) is 0 Å². The minimum Gasteiger partial charge on any atom is -0.399 e. The summed E-state index contributed by atoms with van der Waals surface area (Å²) in [4.78, 5) is 0. The highest BCUT2D eigenvalue weighted by Crippen LogP contribution is 2.49. The Hall–Kier alpha value is -3.34. The molecule has 2 aliphatic rings. The van der Waals surface area contributed by atoms with Crippen LogP contribution in [0.15, 0.2) is 91.0 Å². The van der Waals surface area contributed by atoms with Gasteiger partial charge in [-0.1, -0.05) is 86.6 Å². The molecular weight excluding hydrogens is 453 g/mol. The lowest BCUT2D eigenvalue weighted by molar-refractivity contribution is 0.00578. The smallest absolute Gasteiger partial charge is 0.399 e. The normalized spacial score (nSPS) is 18.4. The maximum atomic E-state index is 6.56. The zero-order valence-electron chi connectivity index (χ0n) is 22.6. The van der Waals surface area contributed by atoms with Crippen LogP contribution in [0.5, 0.6) is 0 Å². The molecule has 0 saturated carbocycles. The van der Waals surface area contributed by atoms with Crippen LogP contribution in [0.2, 0.25) is 0 Å². The van der Waals surface area contributed by atoms with Gasteiger partial charge in [0.25, 0.3) is 0 Å². The molecule has 1 fully saturated rings. The minimum absolute atomic E-state index is 0.0945. The molecule has 0 atom stereocenters. The number of anilines is 2. The summed E-state index contributed by atoms with van der Waals surface area (Å²) in [7, 11) is -0.467. The highest BCUT2D eigenvalue weighted by atomic mass is 16.7. The van der Waals surface area contributed by atoms with Gasteiger partial charge < -0.3 is 14.6 Å². The molecule has 1 N–H and O–H groups in total. The Balaban J connectivity index is 1.48. The van der Waals surface area contributed by atoms with Crippen LogP contribution in [0.4, 0.5) is 11.4 Å². The van der Waals surface area contributed by atoms with Crippen molar-refractivity contribution >= 4 is 24.0 Å². The van der Waals surface area contributed by atoms with E-state index in [0.29, 0.717) is 0 Å². The Morgan fingerprint density at radius 1 is 0.595 bits per heavy atom. The van der Waals surface area contributed by atoms with Gasteiger partial charge in [0.05, 0.1) is 11.2 Å². The summed E-state index contributed by atoms with van der Waals surface area (Å²) in [5.74, 6) is 0. The quantitative estimate of drug-likeness (QED) is 0.299. The summed E-state index contributed by atoms with van der Waals surface area (Å²) in [6, 6.07) is 32.4. The van der Waals surface area contributed by atoms with E-state index in [0.717, 1.165) is 16.8 Å². The average molecular weight is 487 g/mol. The molecule has 4 aromatic rings. The van der Waals surface area contributed by atoms with Crippen LogP contribution in [-0.4, -0.2) is 18.3 Å². The van der Waals surface area contributed by atoms with Crippen molar-refractivity contribution in [1.82, 2.24) is 0 Å². The molecule has 3 nitrogen and oxygen atoms in total. The Kier molecular flexibility index (Phi) is 5.42. The van der Waals surface area contributed by atoms with Gasteiger partial charge in [0, 0.05) is 22.3 Å². The Bertz CT molecular complexity index is 1470. The summed E-state index contributed by atoms with van der Waals surface area (Å²) in [5.41, 5.74) is 9.74. The molecule has 4 aromatic carbocycles. The number of hydrogen-bond acceptors (Lipinski definition) is 3. The fourth-order valence-corrected chi connectivity index (χ4v) is 5.60. The SMILES string of the molecule is CC1(C)c2ccccc2-c2cc(B3OC(C)(C)C(C)(C)O3)c(Nc3cccc(-c4ccccc4)c3)cc21. The predicted molar refractivity (Wildman–Crippen MR) is 155 cm³/mol. The van der Waals surface area contributed by atoms with Crippen molar-refractivity contribution in [2.24, 2.45) is 0 Å². The molecule has 0 aromatic heterocycles. The molecule has 0 bridgehead atoms. The molecule has 1 aliphatic carbocycles. The lowest BCUT2D eigenvalue weighted by atomic mass is 9.74. The van der Waals surface area contributed by atoms with Crippen LogP contribution in [-0.2, 0) is 14.7 Å². The third-order valence-corrected chi connectivity index (χ3v) is 8.51. The Morgan fingerprint density at radius 3 is 1.97 bits per heavy atom. The van der Waals surface area contributed by atoms with Crippen molar-refractivity contribution in [2.45, 2.75) is 58.2 Å². The van der Waals surface area contributed by atoms with Gasteiger partial charge in [0.15, 0.2) is 0 Å². The predicted octanol–water partition coefficient (Wildman–Crippen LogP) is 7.70. The van der Waals surface area contributed by atoms with E-state index in [4.69, 9.17) is 9.31 Å². The lowest BCUT2D eigenvalue weighted by Gasteiger charge is -2.32. The van der Waals surface area contributed by atoms with E-state index >= 15 is 0 Å². The third kappa shape index (κ3) is 3.91. The van der Waals surface area contributed by atoms with Gasteiger partial charge >= 0.3 is 7.12 Å². The molecule has 37 heavy (non-hydrogen) atoms. The van der Waals surface area contributed by atoms with E-state index in [9.17, 15) is 0 Å². The van der Waals surface area contributed by atoms with E-state index in [2.05, 4.69) is 132 Å². The van der Waals surface area contributed by atoms with Crippen molar-refractivity contribution in [1.29, 1.82) is 0 Å². The summed E-state index contributed by atoms with van der Waals surface area (Å²) >= 11 is 0. The molecule has 1 aliphatic heterocycles. The summed E-state index contributed by atoms with van der Waals surface area (Å²) in [5, 5.41) is 3.75. The highest BCUT2D eigenvalue weighted by molar-refractivity contribution is 6.64. The molecule has 1 heterocycles. The van der Waals surface area contributed by atoms with Gasteiger partial charge in [-0.15, -0.1) is 0 Å². The van der Waals surface area contributed by atoms with Crippen molar-refractivity contribution in [3.63, 3.8) is 0 Å². The van der Waals surface area contributed by atoms with E-state index in [1.165, 1.54) is 33.4 Å². The molecule has 0 spiro atoms. The fourth-order valence-electron chi connectivity index (χ4n) is 5.60. The van der Waals surface area contributed by atoms with Gasteiger partial charge in [0.2, 0.25) is 0 Å². The zero-order chi connectivity index (χ0) is 26.0. The molecule has 4 heteroatoms. The number of rotatable bonds is 4. The molecule has 1 saturated heterocycles. The molecular formula is C33H34BNO2. The van der Waals surface area contributed by atoms with Gasteiger partial charge in [-0.05, 0) is 79.3 Å². The van der Waals surface area contributed by atoms with Crippen molar-refractivity contribution in [3.8, 4) is 22.3 Å². The first-order chi connectivity index (χ1) is 17.6. The van der Waals surface area contributed by atoms with Gasteiger partial charge in [-0.3, -0.25) is 0 Å². The molecule has 0 radical (unpaired) electrons. The summed E-state index contributed by atoms with van der Waals surface area (Å²) in [6.45, 7) is 13.0. The molecule has 186 valence electrons. The number of hydrogen-bond donors (Lipinski definition) is 1. The number of nitrogens with one attached hydrogen (secondary N) is 1. The van der Waals surface area contributed by atoms with Crippen molar-refractivity contribution in [2.75, 3.05) is 5.32 Å².